The lowest BCUT2D eigenvalue weighted by Crippen LogP contribution is -2.52. The van der Waals surface area contributed by atoms with Gasteiger partial charge in [0, 0.05) is 42.8 Å². The van der Waals surface area contributed by atoms with Crippen molar-refractivity contribution in [2.24, 2.45) is 0 Å². The van der Waals surface area contributed by atoms with Gasteiger partial charge in [-0.1, -0.05) is 18.2 Å². The maximum atomic E-state index is 12.9. The monoisotopic (exact) mass is 539 g/mol. The molecule has 0 unspecified atom stereocenters. The van der Waals surface area contributed by atoms with Gasteiger partial charge in [-0.3, -0.25) is 14.4 Å². The highest BCUT2D eigenvalue weighted by atomic mass is 32.2. The number of sulfonamides is 1. The van der Waals surface area contributed by atoms with E-state index in [-0.39, 0.29) is 27.6 Å². The number of carbonyl (C=O) groups is 2. The van der Waals surface area contributed by atoms with Crippen molar-refractivity contribution in [3.8, 4) is 0 Å². The minimum atomic E-state index is -3.85. The summed E-state index contributed by atoms with van der Waals surface area (Å²) in [5.74, 6) is -0.631. The van der Waals surface area contributed by atoms with Crippen molar-refractivity contribution >= 4 is 44.3 Å². The number of rotatable bonds is 7. The van der Waals surface area contributed by atoms with Crippen LogP contribution in [0.4, 0.5) is 11.5 Å². The van der Waals surface area contributed by atoms with Crippen LogP contribution < -0.4 is 14.9 Å². The zero-order valence-electron chi connectivity index (χ0n) is 22.0. The number of hydrogen-bond acceptors (Lipinski definition) is 7. The van der Waals surface area contributed by atoms with Gasteiger partial charge in [-0.15, -0.1) is 0 Å². The van der Waals surface area contributed by atoms with Crippen LogP contribution in [0.3, 0.4) is 0 Å². The fourth-order valence-corrected chi connectivity index (χ4v) is 5.78. The number of carboxylic acid groups (broad SMARTS) is 1. The Bertz CT molecular complexity index is 1470. The van der Waals surface area contributed by atoms with Crippen molar-refractivity contribution in [3.63, 3.8) is 0 Å². The number of anilines is 2. The van der Waals surface area contributed by atoms with Crippen molar-refractivity contribution in [1.29, 1.82) is 0 Å². The van der Waals surface area contributed by atoms with E-state index < -0.39 is 16.0 Å². The number of amides is 1. The third-order valence-corrected chi connectivity index (χ3v) is 7.78. The van der Waals surface area contributed by atoms with Crippen LogP contribution in [0.5, 0.6) is 0 Å². The molecule has 38 heavy (non-hydrogen) atoms. The maximum absolute atomic E-state index is 12.9. The van der Waals surface area contributed by atoms with Crippen molar-refractivity contribution in [2.45, 2.75) is 38.1 Å². The van der Waals surface area contributed by atoms with E-state index in [1.54, 1.807) is 37.3 Å². The van der Waals surface area contributed by atoms with E-state index >= 15 is 0 Å². The van der Waals surface area contributed by atoms with Crippen LogP contribution in [0.25, 0.3) is 10.9 Å². The van der Waals surface area contributed by atoms with Gasteiger partial charge in [-0.05, 0) is 63.6 Å². The maximum Gasteiger partial charge on any atom is 0.336 e. The fourth-order valence-electron chi connectivity index (χ4n) is 4.48. The van der Waals surface area contributed by atoms with Gasteiger partial charge in [0.1, 0.15) is 5.82 Å². The molecule has 1 fully saturated rings. The van der Waals surface area contributed by atoms with Gasteiger partial charge in [0.25, 0.3) is 10.0 Å². The Morgan fingerprint density at radius 2 is 1.71 bits per heavy atom. The minimum Gasteiger partial charge on any atom is -0.478 e. The number of aryl methyl sites for hydroxylation is 1. The molecule has 3 N–H and O–H groups in total. The molecule has 0 bridgehead atoms. The minimum absolute atomic E-state index is 0.0307. The second-order valence-electron chi connectivity index (χ2n) is 10.5. The third kappa shape index (κ3) is 6.40. The zero-order valence-corrected chi connectivity index (χ0v) is 22.8. The Labute approximate surface area is 222 Å². The Morgan fingerprint density at radius 3 is 2.34 bits per heavy atom. The van der Waals surface area contributed by atoms with Crippen LogP contribution >= 0.6 is 0 Å². The van der Waals surface area contributed by atoms with E-state index in [1.807, 2.05) is 25.7 Å². The molecule has 0 aliphatic carbocycles. The summed E-state index contributed by atoms with van der Waals surface area (Å²) >= 11 is 0. The number of carboxylic acids is 1. The molecule has 3 aromatic rings. The molecule has 1 amide bonds. The molecule has 1 aliphatic rings. The Morgan fingerprint density at radius 1 is 1.03 bits per heavy atom. The molecule has 202 valence electrons. The lowest BCUT2D eigenvalue weighted by atomic mass is 10.1. The lowest BCUT2D eigenvalue weighted by molar-refractivity contribution is -0.123. The Balaban J connectivity index is 1.53. The van der Waals surface area contributed by atoms with Gasteiger partial charge in [-0.2, -0.15) is 0 Å². The first kappa shape index (κ1) is 27.3. The molecule has 0 saturated carbocycles. The predicted molar refractivity (Wildman–Crippen MR) is 147 cm³/mol. The molecule has 11 heteroatoms. The highest BCUT2D eigenvalue weighted by Crippen LogP contribution is 2.28. The van der Waals surface area contributed by atoms with E-state index in [0.717, 1.165) is 0 Å². The van der Waals surface area contributed by atoms with Crippen LogP contribution in [0.2, 0.25) is 0 Å². The van der Waals surface area contributed by atoms with E-state index in [9.17, 15) is 23.1 Å². The molecule has 0 atom stereocenters. The standard InChI is InChI=1S/C27H33N5O5S/c1-18-7-5-6-8-23(18)38(36,37)30-19-9-10-22-20(15-19)21(26(34)35)16-24(28-22)32-13-11-31(12-14-32)17-25(33)29-27(2,3)4/h5-10,15-16,30H,11-14,17H2,1-4H3,(H,29,33)(H,34,35). The normalized spacial score (nSPS) is 14.9. The summed E-state index contributed by atoms with van der Waals surface area (Å²) in [6.07, 6.45) is 0. The SMILES string of the molecule is Cc1ccccc1S(=O)(=O)Nc1ccc2nc(N3CCN(CC(=O)NC(C)(C)C)CC3)cc(C(=O)O)c2c1. The summed E-state index contributed by atoms with van der Waals surface area (Å²) in [6.45, 7) is 10.3. The van der Waals surface area contributed by atoms with Gasteiger partial charge in [0.05, 0.1) is 22.5 Å². The molecule has 0 radical (unpaired) electrons. The van der Waals surface area contributed by atoms with Crippen molar-refractivity contribution in [3.05, 3.63) is 59.7 Å². The van der Waals surface area contributed by atoms with Crippen molar-refractivity contribution in [1.82, 2.24) is 15.2 Å². The average molecular weight is 540 g/mol. The smallest absolute Gasteiger partial charge is 0.336 e. The highest BCUT2D eigenvalue weighted by Gasteiger charge is 2.24. The summed E-state index contributed by atoms with van der Waals surface area (Å²) in [7, 11) is -3.85. The second-order valence-corrected chi connectivity index (χ2v) is 12.1. The number of nitrogens with one attached hydrogen (secondary N) is 2. The van der Waals surface area contributed by atoms with Gasteiger partial charge < -0.3 is 15.3 Å². The van der Waals surface area contributed by atoms with Crippen LogP contribution in [0.15, 0.2) is 53.4 Å². The second kappa shape index (κ2) is 10.6. The van der Waals surface area contributed by atoms with E-state index in [4.69, 9.17) is 0 Å². The molecule has 10 nitrogen and oxygen atoms in total. The van der Waals surface area contributed by atoms with Crippen LogP contribution in [0.1, 0.15) is 36.7 Å². The number of aromatic nitrogens is 1. The lowest BCUT2D eigenvalue weighted by Gasteiger charge is -2.35. The number of nitrogens with zero attached hydrogens (tertiary/aromatic N) is 3. The predicted octanol–water partition coefficient (Wildman–Crippen LogP) is 3.08. The van der Waals surface area contributed by atoms with E-state index in [0.29, 0.717) is 55.0 Å². The van der Waals surface area contributed by atoms with Crippen LogP contribution in [-0.4, -0.2) is 73.5 Å². The average Bonchev–Trinajstić information content (AvgIpc) is 2.82. The largest absolute Gasteiger partial charge is 0.478 e. The molecule has 4 rings (SSSR count). The molecular weight excluding hydrogens is 506 g/mol. The molecule has 1 saturated heterocycles. The van der Waals surface area contributed by atoms with Crippen LogP contribution in [0, 0.1) is 6.92 Å². The first-order chi connectivity index (χ1) is 17.8. The van der Waals surface area contributed by atoms with Gasteiger partial charge in [-0.25, -0.2) is 18.2 Å². The highest BCUT2D eigenvalue weighted by molar-refractivity contribution is 7.92. The number of aromatic carboxylic acids is 1. The molecule has 2 aromatic carbocycles. The number of carbonyl (C=O) groups excluding carboxylic acids is 1. The van der Waals surface area contributed by atoms with Gasteiger partial charge >= 0.3 is 5.97 Å². The topological polar surface area (TPSA) is 132 Å². The van der Waals surface area contributed by atoms with Crippen molar-refractivity contribution in [2.75, 3.05) is 42.3 Å². The van der Waals surface area contributed by atoms with Crippen molar-refractivity contribution < 1.29 is 23.1 Å². The zero-order chi connectivity index (χ0) is 27.7. The molecule has 2 heterocycles. The Kier molecular flexibility index (Phi) is 7.61. The van der Waals surface area contributed by atoms with Gasteiger partial charge in [0.15, 0.2) is 0 Å². The number of pyridine rings is 1. The number of hydrogen-bond donors (Lipinski definition) is 3. The van der Waals surface area contributed by atoms with Gasteiger partial charge in [0.2, 0.25) is 5.91 Å². The Hall–Kier alpha value is -3.70. The summed E-state index contributed by atoms with van der Waals surface area (Å²) in [4.78, 5) is 33.3. The summed E-state index contributed by atoms with van der Waals surface area (Å²) in [6, 6.07) is 12.9. The first-order valence-electron chi connectivity index (χ1n) is 12.4. The number of fused-ring (bicyclic) bond motifs is 1. The molecular formula is C27H33N5O5S. The summed E-state index contributed by atoms with van der Waals surface area (Å²) in [5.41, 5.74) is 1.05. The third-order valence-electron chi connectivity index (χ3n) is 6.24. The first-order valence-corrected chi connectivity index (χ1v) is 13.9. The van der Waals surface area contributed by atoms with E-state index in [1.165, 1.54) is 18.2 Å². The fraction of sp³-hybridized carbons (Fsp3) is 0.370. The molecule has 1 aliphatic heterocycles. The number of piperazine rings is 1. The van der Waals surface area contributed by atoms with E-state index in [2.05, 4.69) is 19.9 Å². The molecule has 0 spiro atoms. The summed E-state index contributed by atoms with van der Waals surface area (Å²) in [5, 5.41) is 13.2. The summed E-state index contributed by atoms with van der Waals surface area (Å²) < 4.78 is 28.4. The molecule has 1 aromatic heterocycles. The number of benzene rings is 2. The van der Waals surface area contributed by atoms with Crippen LogP contribution in [-0.2, 0) is 14.8 Å². The quantitative estimate of drug-likeness (QED) is 0.417.